The van der Waals surface area contributed by atoms with E-state index >= 15 is 0 Å². The standard InChI is InChI=1S/C26H30N4O2/c1-19-9-7-11-21(28-19)18-30-16-8-10-20(17-30)25(23-13-5-6-15-27-23)29-26(31)22-12-3-4-14-24(22)32-2/h3-7,9,11-15,20,25H,8,10,16-18H2,1-2H3,(H,29,31)/t20-,25-/m0/s1. The summed E-state index contributed by atoms with van der Waals surface area (Å²) in [5.74, 6) is 0.679. The van der Waals surface area contributed by atoms with Crippen molar-refractivity contribution in [1.29, 1.82) is 0 Å². The molecule has 2 atom stereocenters. The van der Waals surface area contributed by atoms with Gasteiger partial charge >= 0.3 is 0 Å². The second-order valence-electron chi connectivity index (χ2n) is 8.31. The molecule has 1 aliphatic rings. The van der Waals surface area contributed by atoms with Gasteiger partial charge in [0.2, 0.25) is 0 Å². The Labute approximate surface area is 189 Å². The topological polar surface area (TPSA) is 67.3 Å². The summed E-state index contributed by atoms with van der Waals surface area (Å²) in [6.07, 6.45) is 3.89. The number of benzene rings is 1. The fourth-order valence-corrected chi connectivity index (χ4v) is 4.47. The van der Waals surface area contributed by atoms with Crippen molar-refractivity contribution in [3.05, 3.63) is 89.5 Å². The molecule has 0 unspecified atom stereocenters. The molecule has 0 radical (unpaired) electrons. The van der Waals surface area contributed by atoms with Gasteiger partial charge < -0.3 is 10.1 Å². The summed E-state index contributed by atoms with van der Waals surface area (Å²) in [6.45, 7) is 4.74. The van der Waals surface area contributed by atoms with Gasteiger partial charge in [0.25, 0.3) is 5.91 Å². The molecule has 1 aliphatic heterocycles. The van der Waals surface area contributed by atoms with E-state index in [-0.39, 0.29) is 17.9 Å². The quantitative estimate of drug-likeness (QED) is 0.609. The Morgan fingerprint density at radius 1 is 1.16 bits per heavy atom. The van der Waals surface area contributed by atoms with Crippen molar-refractivity contribution in [1.82, 2.24) is 20.2 Å². The number of carbonyl (C=O) groups is 1. The molecule has 6 heteroatoms. The van der Waals surface area contributed by atoms with E-state index in [0.29, 0.717) is 11.3 Å². The van der Waals surface area contributed by atoms with Crippen LogP contribution in [0.4, 0.5) is 0 Å². The van der Waals surface area contributed by atoms with E-state index in [1.165, 1.54) is 0 Å². The van der Waals surface area contributed by atoms with Crippen molar-refractivity contribution in [2.75, 3.05) is 20.2 Å². The summed E-state index contributed by atoms with van der Waals surface area (Å²) in [7, 11) is 1.58. The van der Waals surface area contributed by atoms with Gasteiger partial charge in [0.1, 0.15) is 5.75 Å². The van der Waals surface area contributed by atoms with E-state index < -0.39 is 0 Å². The number of likely N-dealkylation sites (tertiary alicyclic amines) is 1. The van der Waals surface area contributed by atoms with Crippen LogP contribution in [0.2, 0.25) is 0 Å². The molecule has 1 amide bonds. The van der Waals surface area contributed by atoms with E-state index in [0.717, 1.165) is 49.6 Å². The van der Waals surface area contributed by atoms with Gasteiger partial charge in [-0.1, -0.05) is 24.3 Å². The number of pyridine rings is 2. The third-order valence-electron chi connectivity index (χ3n) is 5.99. The Hall–Kier alpha value is -3.25. The van der Waals surface area contributed by atoms with E-state index in [1.54, 1.807) is 19.4 Å². The number of carbonyl (C=O) groups excluding carboxylic acids is 1. The number of nitrogens with zero attached hydrogens (tertiary/aromatic N) is 3. The summed E-state index contributed by atoms with van der Waals surface area (Å²) in [4.78, 5) is 24.9. The number of aryl methyl sites for hydroxylation is 1. The van der Waals surface area contributed by atoms with E-state index in [2.05, 4.69) is 32.3 Å². The number of hydrogen-bond acceptors (Lipinski definition) is 5. The van der Waals surface area contributed by atoms with Crippen molar-refractivity contribution in [3.63, 3.8) is 0 Å². The van der Waals surface area contributed by atoms with Gasteiger partial charge in [0.15, 0.2) is 0 Å². The highest BCUT2D eigenvalue weighted by Gasteiger charge is 2.31. The van der Waals surface area contributed by atoms with Crippen molar-refractivity contribution in [2.45, 2.75) is 32.4 Å². The normalized spacial score (nSPS) is 17.5. The second-order valence-corrected chi connectivity index (χ2v) is 8.31. The van der Waals surface area contributed by atoms with Crippen molar-refractivity contribution in [2.24, 2.45) is 5.92 Å². The number of methoxy groups -OCH3 is 1. The van der Waals surface area contributed by atoms with Crippen LogP contribution in [0.3, 0.4) is 0 Å². The Morgan fingerprint density at radius 2 is 2.00 bits per heavy atom. The molecular weight excluding hydrogens is 400 g/mol. The lowest BCUT2D eigenvalue weighted by Crippen LogP contribution is -2.43. The maximum atomic E-state index is 13.2. The van der Waals surface area contributed by atoms with Crippen LogP contribution in [0.15, 0.2) is 66.9 Å². The van der Waals surface area contributed by atoms with Crippen molar-refractivity contribution < 1.29 is 9.53 Å². The number of nitrogens with one attached hydrogen (secondary N) is 1. The average molecular weight is 431 g/mol. The molecule has 1 fully saturated rings. The van der Waals surface area contributed by atoms with Crippen LogP contribution in [0.5, 0.6) is 5.75 Å². The molecule has 6 nitrogen and oxygen atoms in total. The summed E-state index contributed by atoms with van der Waals surface area (Å²) in [5, 5.41) is 3.26. The Morgan fingerprint density at radius 3 is 2.78 bits per heavy atom. The molecule has 3 aromatic rings. The summed E-state index contributed by atoms with van der Waals surface area (Å²) >= 11 is 0. The third-order valence-corrected chi connectivity index (χ3v) is 5.99. The van der Waals surface area contributed by atoms with E-state index in [1.807, 2.05) is 49.4 Å². The summed E-state index contributed by atoms with van der Waals surface area (Å²) in [5.41, 5.74) is 3.54. The maximum absolute atomic E-state index is 13.2. The minimum atomic E-state index is -0.179. The van der Waals surface area contributed by atoms with Crippen LogP contribution in [-0.2, 0) is 6.54 Å². The molecule has 0 saturated carbocycles. The SMILES string of the molecule is COc1ccccc1C(=O)N[C@H](c1ccccn1)[C@H]1CCCN(Cc2cccc(C)n2)C1. The van der Waals surface area contributed by atoms with Crippen LogP contribution in [-0.4, -0.2) is 41.0 Å². The van der Waals surface area contributed by atoms with Crippen LogP contribution >= 0.6 is 0 Å². The number of ether oxygens (including phenoxy) is 1. The largest absolute Gasteiger partial charge is 0.496 e. The van der Waals surface area contributed by atoms with Gasteiger partial charge in [-0.25, -0.2) is 0 Å². The van der Waals surface area contributed by atoms with Crippen LogP contribution in [0, 0.1) is 12.8 Å². The second kappa shape index (κ2) is 10.4. The number of para-hydroxylation sites is 1. The minimum absolute atomic E-state index is 0.143. The van der Waals surface area contributed by atoms with Gasteiger partial charge in [-0.15, -0.1) is 0 Å². The fraction of sp³-hybridized carbons (Fsp3) is 0.346. The predicted molar refractivity (Wildman–Crippen MR) is 124 cm³/mol. The maximum Gasteiger partial charge on any atom is 0.255 e. The van der Waals surface area contributed by atoms with E-state index in [9.17, 15) is 4.79 Å². The molecule has 1 saturated heterocycles. The predicted octanol–water partition coefficient (Wildman–Crippen LogP) is 4.18. The van der Waals surface area contributed by atoms with Gasteiger partial charge in [-0.05, 0) is 68.6 Å². The monoisotopic (exact) mass is 430 g/mol. The summed E-state index contributed by atoms with van der Waals surface area (Å²) in [6, 6.07) is 19.2. The third kappa shape index (κ3) is 5.32. The molecule has 0 bridgehead atoms. The highest BCUT2D eigenvalue weighted by molar-refractivity contribution is 5.97. The van der Waals surface area contributed by atoms with Gasteiger partial charge in [-0.2, -0.15) is 0 Å². The fourth-order valence-electron chi connectivity index (χ4n) is 4.47. The highest BCUT2D eigenvalue weighted by atomic mass is 16.5. The highest BCUT2D eigenvalue weighted by Crippen LogP contribution is 2.30. The molecule has 4 rings (SSSR count). The number of aromatic nitrogens is 2. The Balaban J connectivity index is 1.54. The van der Waals surface area contributed by atoms with Gasteiger partial charge in [-0.3, -0.25) is 19.7 Å². The molecule has 3 heterocycles. The average Bonchev–Trinajstić information content (AvgIpc) is 2.83. The number of amides is 1. The van der Waals surface area contributed by atoms with Gasteiger partial charge in [0.05, 0.1) is 30.1 Å². The van der Waals surface area contributed by atoms with Gasteiger partial charge in [0, 0.05) is 25.0 Å². The molecule has 2 aromatic heterocycles. The zero-order valence-electron chi connectivity index (χ0n) is 18.7. The zero-order chi connectivity index (χ0) is 22.3. The first-order valence-corrected chi connectivity index (χ1v) is 11.1. The molecule has 1 N–H and O–H groups in total. The number of hydrogen-bond donors (Lipinski definition) is 1. The van der Waals surface area contributed by atoms with Crippen LogP contribution < -0.4 is 10.1 Å². The molecule has 0 spiro atoms. The van der Waals surface area contributed by atoms with Crippen LogP contribution in [0.25, 0.3) is 0 Å². The Kier molecular flexibility index (Phi) is 7.12. The molecule has 32 heavy (non-hydrogen) atoms. The summed E-state index contributed by atoms with van der Waals surface area (Å²) < 4.78 is 5.40. The van der Waals surface area contributed by atoms with E-state index in [4.69, 9.17) is 4.74 Å². The van der Waals surface area contributed by atoms with Crippen molar-refractivity contribution >= 4 is 5.91 Å². The van der Waals surface area contributed by atoms with Crippen LogP contribution in [0.1, 0.15) is 46.3 Å². The molecule has 166 valence electrons. The molecular formula is C26H30N4O2. The molecule has 0 aliphatic carbocycles. The lowest BCUT2D eigenvalue weighted by molar-refractivity contribution is 0.0871. The Bertz CT molecular complexity index is 1040. The zero-order valence-corrected chi connectivity index (χ0v) is 18.7. The first-order valence-electron chi connectivity index (χ1n) is 11.1. The lowest BCUT2D eigenvalue weighted by atomic mass is 9.88. The smallest absolute Gasteiger partial charge is 0.255 e. The lowest BCUT2D eigenvalue weighted by Gasteiger charge is -2.37. The first-order chi connectivity index (χ1) is 15.6. The first kappa shape index (κ1) is 22.0. The number of rotatable bonds is 7. The molecule has 1 aromatic carbocycles. The minimum Gasteiger partial charge on any atom is -0.496 e. The van der Waals surface area contributed by atoms with Crippen molar-refractivity contribution in [3.8, 4) is 5.75 Å². The number of piperidine rings is 1.